The number of amides is 1. The lowest BCUT2D eigenvalue weighted by molar-refractivity contribution is -0.136. The van der Waals surface area contributed by atoms with E-state index < -0.39 is 5.41 Å². The molecule has 1 amide bonds. The second-order valence-corrected chi connectivity index (χ2v) is 9.72. The van der Waals surface area contributed by atoms with E-state index in [2.05, 4.69) is 17.1 Å². The molecule has 0 radical (unpaired) electrons. The Bertz CT molecular complexity index is 1220. The molecule has 35 heavy (non-hydrogen) atoms. The van der Waals surface area contributed by atoms with Crippen LogP contribution in [0.2, 0.25) is 0 Å². The summed E-state index contributed by atoms with van der Waals surface area (Å²) in [4.78, 5) is 19.6. The fraction of sp³-hybridized carbons (Fsp3) is 0.393. The smallest absolute Gasteiger partial charge is 0.232 e. The van der Waals surface area contributed by atoms with Gasteiger partial charge in [-0.15, -0.1) is 12.4 Å². The average molecular weight is 491 g/mol. The molecule has 1 atom stereocenters. The summed E-state index contributed by atoms with van der Waals surface area (Å²) in [7, 11) is 1.93. The lowest BCUT2D eigenvalue weighted by Crippen LogP contribution is -2.44. The fourth-order valence-electron chi connectivity index (χ4n) is 5.16. The number of halogens is 1. The summed E-state index contributed by atoms with van der Waals surface area (Å²) in [6.07, 6.45) is 11.7. The van der Waals surface area contributed by atoms with E-state index in [1.54, 1.807) is 18.6 Å². The van der Waals surface area contributed by atoms with Gasteiger partial charge >= 0.3 is 0 Å². The molecular weight excluding hydrogens is 460 g/mol. The zero-order valence-corrected chi connectivity index (χ0v) is 20.8. The molecule has 1 saturated carbocycles. The molecule has 3 aromatic rings. The van der Waals surface area contributed by atoms with Crippen LogP contribution in [0.4, 0.5) is 0 Å². The minimum atomic E-state index is -0.493. The van der Waals surface area contributed by atoms with Crippen LogP contribution < -0.4 is 4.74 Å². The maximum atomic E-state index is 13.6. The number of benzene rings is 2. The summed E-state index contributed by atoms with van der Waals surface area (Å²) in [5, 5.41) is 9.65. The summed E-state index contributed by atoms with van der Waals surface area (Å²) in [5.41, 5.74) is 2.04. The van der Waals surface area contributed by atoms with Crippen molar-refractivity contribution in [2.45, 2.75) is 50.5 Å². The highest BCUT2D eigenvalue weighted by atomic mass is 35.5. The molecule has 1 aliphatic carbocycles. The minimum absolute atomic E-state index is 0. The van der Waals surface area contributed by atoms with Gasteiger partial charge in [-0.05, 0) is 60.6 Å². The van der Waals surface area contributed by atoms with Crippen molar-refractivity contribution in [3.63, 3.8) is 0 Å². The molecule has 1 aliphatic heterocycles. The number of rotatable bonds is 7. The molecule has 0 spiro atoms. The van der Waals surface area contributed by atoms with Crippen LogP contribution in [0.15, 0.2) is 61.2 Å². The van der Waals surface area contributed by atoms with Crippen LogP contribution in [-0.2, 0) is 16.8 Å². The van der Waals surface area contributed by atoms with Gasteiger partial charge in [0.1, 0.15) is 17.6 Å². The largest absolute Gasteiger partial charge is 0.456 e. The van der Waals surface area contributed by atoms with Crippen molar-refractivity contribution in [1.29, 1.82) is 5.26 Å². The standard InChI is InChI=1S/C28H30N4O2.ClH/c1-31-13-3-2-11-28(27(31)33,17-21-7-8-21)24-5-4-6-25(16-24)34-26-15-22(9-10-23(26)18-29)19-32-14-12-30-20-32;/h4-6,9-10,12,14-16,20-21H,2-3,7-8,11,13,17,19H2,1H3;1H. The van der Waals surface area contributed by atoms with Crippen LogP contribution in [0.1, 0.15) is 55.2 Å². The number of carbonyl (C=O) groups is 1. The molecule has 2 fully saturated rings. The second-order valence-electron chi connectivity index (χ2n) is 9.72. The van der Waals surface area contributed by atoms with E-state index in [-0.39, 0.29) is 18.3 Å². The zero-order valence-electron chi connectivity index (χ0n) is 20.0. The Labute approximate surface area is 212 Å². The molecule has 2 heterocycles. The molecule has 1 aromatic heterocycles. The van der Waals surface area contributed by atoms with E-state index in [4.69, 9.17) is 4.74 Å². The third-order valence-electron chi connectivity index (χ3n) is 7.14. The van der Waals surface area contributed by atoms with Crippen LogP contribution in [0.5, 0.6) is 11.5 Å². The van der Waals surface area contributed by atoms with Gasteiger partial charge in [0.15, 0.2) is 0 Å². The number of imidazole rings is 1. The van der Waals surface area contributed by atoms with Gasteiger partial charge in [-0.1, -0.05) is 37.5 Å². The first-order valence-corrected chi connectivity index (χ1v) is 12.1. The predicted octanol–water partition coefficient (Wildman–Crippen LogP) is 5.70. The first-order valence-electron chi connectivity index (χ1n) is 12.1. The summed E-state index contributed by atoms with van der Waals surface area (Å²) >= 11 is 0. The normalized spacial score (nSPS) is 20.0. The van der Waals surface area contributed by atoms with Crippen LogP contribution in [0.3, 0.4) is 0 Å². The molecule has 0 N–H and O–H groups in total. The van der Waals surface area contributed by atoms with Crippen molar-refractivity contribution in [3.05, 3.63) is 77.9 Å². The number of nitriles is 1. The van der Waals surface area contributed by atoms with E-state index in [1.807, 2.05) is 53.0 Å². The molecule has 1 saturated heterocycles. The number of likely N-dealkylation sites (tertiary alicyclic amines) is 1. The highest BCUT2D eigenvalue weighted by Crippen LogP contribution is 2.47. The molecule has 1 unspecified atom stereocenters. The molecule has 6 nitrogen and oxygen atoms in total. The third-order valence-corrected chi connectivity index (χ3v) is 7.14. The quantitative estimate of drug-likeness (QED) is 0.426. The Kier molecular flexibility index (Phi) is 7.47. The average Bonchev–Trinajstić information content (AvgIpc) is 3.55. The van der Waals surface area contributed by atoms with Crippen molar-refractivity contribution in [3.8, 4) is 17.6 Å². The number of ether oxygens (including phenoxy) is 1. The molecule has 2 aromatic carbocycles. The van der Waals surface area contributed by atoms with Gasteiger partial charge in [0.05, 0.1) is 17.3 Å². The summed E-state index contributed by atoms with van der Waals surface area (Å²) in [6.45, 7) is 1.46. The molecule has 0 bridgehead atoms. The number of likely N-dealkylation sites (N-methyl/N-ethyl adjacent to an activating group) is 1. The maximum Gasteiger partial charge on any atom is 0.232 e. The van der Waals surface area contributed by atoms with E-state index in [9.17, 15) is 10.1 Å². The Morgan fingerprint density at radius 2 is 2.06 bits per heavy atom. The van der Waals surface area contributed by atoms with Gasteiger partial charge in [-0.2, -0.15) is 5.26 Å². The number of carbonyl (C=O) groups excluding carboxylic acids is 1. The summed E-state index contributed by atoms with van der Waals surface area (Å²) in [6, 6.07) is 15.9. The molecule has 2 aliphatic rings. The molecule has 5 rings (SSSR count). The summed E-state index contributed by atoms with van der Waals surface area (Å²) in [5.74, 6) is 2.04. The Morgan fingerprint density at radius 1 is 1.20 bits per heavy atom. The first kappa shape index (κ1) is 24.8. The molecular formula is C28H31ClN4O2. The van der Waals surface area contributed by atoms with Crippen LogP contribution in [0.25, 0.3) is 0 Å². The lowest BCUT2D eigenvalue weighted by atomic mass is 9.72. The van der Waals surface area contributed by atoms with Gasteiger partial charge in [0.25, 0.3) is 0 Å². The van der Waals surface area contributed by atoms with Crippen LogP contribution in [-0.4, -0.2) is 34.0 Å². The highest BCUT2D eigenvalue weighted by Gasteiger charge is 2.46. The first-order chi connectivity index (χ1) is 16.6. The fourth-order valence-corrected chi connectivity index (χ4v) is 5.16. The van der Waals surface area contributed by atoms with E-state index in [0.717, 1.165) is 43.4 Å². The Morgan fingerprint density at radius 3 is 2.80 bits per heavy atom. The monoisotopic (exact) mass is 490 g/mol. The summed E-state index contributed by atoms with van der Waals surface area (Å²) < 4.78 is 8.25. The third kappa shape index (κ3) is 5.36. The van der Waals surface area contributed by atoms with Gasteiger partial charge in [-0.25, -0.2) is 4.98 Å². The van der Waals surface area contributed by atoms with Gasteiger partial charge < -0.3 is 14.2 Å². The van der Waals surface area contributed by atoms with Crippen molar-refractivity contribution < 1.29 is 9.53 Å². The van der Waals surface area contributed by atoms with Gasteiger partial charge in [0.2, 0.25) is 5.91 Å². The highest BCUT2D eigenvalue weighted by molar-refractivity contribution is 5.88. The number of nitrogens with zero attached hydrogens (tertiary/aromatic N) is 4. The lowest BCUT2D eigenvalue weighted by Gasteiger charge is -2.35. The van der Waals surface area contributed by atoms with E-state index in [0.29, 0.717) is 29.5 Å². The van der Waals surface area contributed by atoms with Crippen molar-refractivity contribution >= 4 is 18.3 Å². The predicted molar refractivity (Wildman–Crippen MR) is 137 cm³/mol. The minimum Gasteiger partial charge on any atom is -0.456 e. The van der Waals surface area contributed by atoms with Gasteiger partial charge in [-0.3, -0.25) is 4.79 Å². The van der Waals surface area contributed by atoms with Crippen LogP contribution in [0, 0.1) is 17.2 Å². The van der Waals surface area contributed by atoms with Crippen LogP contribution >= 0.6 is 12.4 Å². The van der Waals surface area contributed by atoms with E-state index in [1.165, 1.54) is 12.8 Å². The number of hydrogen-bond donors (Lipinski definition) is 0. The SMILES string of the molecule is CN1CCCCC(CC2CC2)(c2cccc(Oc3cc(Cn4ccnc4)ccc3C#N)c2)C1=O.Cl. The second kappa shape index (κ2) is 10.5. The number of aromatic nitrogens is 2. The van der Waals surface area contributed by atoms with Gasteiger partial charge in [0, 0.05) is 32.5 Å². The topological polar surface area (TPSA) is 71.2 Å². The van der Waals surface area contributed by atoms with Crippen molar-refractivity contribution in [1.82, 2.24) is 14.5 Å². The van der Waals surface area contributed by atoms with Crippen molar-refractivity contribution in [2.75, 3.05) is 13.6 Å². The maximum absolute atomic E-state index is 13.6. The Hall–Kier alpha value is -3.30. The Balaban J connectivity index is 0.00000289. The number of hydrogen-bond acceptors (Lipinski definition) is 4. The molecule has 182 valence electrons. The van der Waals surface area contributed by atoms with E-state index >= 15 is 0 Å². The van der Waals surface area contributed by atoms with Crippen molar-refractivity contribution in [2.24, 2.45) is 5.92 Å². The molecule has 7 heteroatoms. The zero-order chi connectivity index (χ0) is 23.5.